The summed E-state index contributed by atoms with van der Waals surface area (Å²) < 4.78 is 6.31. The summed E-state index contributed by atoms with van der Waals surface area (Å²) in [5.41, 5.74) is 2.22. The van der Waals surface area contributed by atoms with Crippen LogP contribution in [-0.4, -0.2) is 29.1 Å². The first-order valence-electron chi connectivity index (χ1n) is 9.53. The average Bonchev–Trinajstić information content (AvgIpc) is 2.77. The second kappa shape index (κ2) is 9.16. The molecule has 1 aliphatic rings. The molecule has 1 heterocycles. The number of fused-ring (bicyclic) bond motifs is 1. The molecule has 0 aromatic heterocycles. The van der Waals surface area contributed by atoms with E-state index in [0.29, 0.717) is 22.9 Å². The molecule has 2 aromatic carbocycles. The smallest absolute Gasteiger partial charge is 0.303 e. The Morgan fingerprint density at radius 3 is 2.55 bits per heavy atom. The summed E-state index contributed by atoms with van der Waals surface area (Å²) >= 11 is 12.7. The number of carboxylic acids is 1. The van der Waals surface area contributed by atoms with Gasteiger partial charge in [0.25, 0.3) is 5.91 Å². The van der Waals surface area contributed by atoms with Gasteiger partial charge >= 0.3 is 5.97 Å². The van der Waals surface area contributed by atoms with E-state index in [1.54, 1.807) is 23.1 Å². The molecule has 2 atom stereocenters. The zero-order chi connectivity index (χ0) is 21.1. The molecular formula is C22H23Cl2NO4. The largest absolute Gasteiger partial charge is 0.481 e. The lowest BCUT2D eigenvalue weighted by Gasteiger charge is -2.28. The summed E-state index contributed by atoms with van der Waals surface area (Å²) in [7, 11) is 0. The summed E-state index contributed by atoms with van der Waals surface area (Å²) in [5.74, 6) is -1.09. The Bertz CT molecular complexity index is 915. The molecular weight excluding hydrogens is 413 g/mol. The summed E-state index contributed by atoms with van der Waals surface area (Å²) in [6.45, 7) is 3.86. The van der Waals surface area contributed by atoms with Crippen LogP contribution < -0.4 is 4.90 Å². The molecule has 5 nitrogen and oxygen atoms in total. The SMILES string of the molecule is CC(C)N1C(=O)C(CCCC(=O)O)OC(c2ccccc2Cl)c2cc(Cl)ccc21. The van der Waals surface area contributed by atoms with Crippen LogP contribution in [0.3, 0.4) is 0 Å². The van der Waals surface area contributed by atoms with Gasteiger partial charge in [0.15, 0.2) is 0 Å². The minimum absolute atomic E-state index is 0.0235. The van der Waals surface area contributed by atoms with Crippen molar-refractivity contribution >= 4 is 40.8 Å². The van der Waals surface area contributed by atoms with E-state index in [4.69, 9.17) is 33.0 Å². The van der Waals surface area contributed by atoms with Crippen LogP contribution in [-0.2, 0) is 14.3 Å². The van der Waals surface area contributed by atoms with Gasteiger partial charge in [-0.05, 0) is 51.0 Å². The first-order chi connectivity index (χ1) is 13.8. The Labute approximate surface area is 180 Å². The van der Waals surface area contributed by atoms with E-state index in [1.807, 2.05) is 38.1 Å². The highest BCUT2D eigenvalue weighted by atomic mass is 35.5. The topological polar surface area (TPSA) is 66.8 Å². The predicted octanol–water partition coefficient (Wildman–Crippen LogP) is 5.48. The van der Waals surface area contributed by atoms with Gasteiger partial charge in [0, 0.05) is 33.6 Å². The number of ether oxygens (including phenoxy) is 1. The number of rotatable bonds is 6. The number of hydrogen-bond acceptors (Lipinski definition) is 3. The van der Waals surface area contributed by atoms with Gasteiger partial charge in [0.05, 0.1) is 5.69 Å². The fraction of sp³-hybridized carbons (Fsp3) is 0.364. The van der Waals surface area contributed by atoms with Gasteiger partial charge in [-0.25, -0.2) is 0 Å². The lowest BCUT2D eigenvalue weighted by atomic mass is 9.99. The van der Waals surface area contributed by atoms with Crippen LogP contribution in [0, 0.1) is 0 Å². The number of aliphatic carboxylic acids is 1. The third kappa shape index (κ3) is 4.74. The molecule has 0 radical (unpaired) electrons. The van der Waals surface area contributed by atoms with Gasteiger partial charge in [-0.1, -0.05) is 41.4 Å². The van der Waals surface area contributed by atoms with Crippen LogP contribution in [0.25, 0.3) is 0 Å². The number of carbonyl (C=O) groups excluding carboxylic acids is 1. The Morgan fingerprint density at radius 1 is 1.17 bits per heavy atom. The maximum absolute atomic E-state index is 13.4. The van der Waals surface area contributed by atoms with Crippen LogP contribution >= 0.6 is 23.2 Å². The van der Waals surface area contributed by atoms with Crippen molar-refractivity contribution in [2.45, 2.75) is 51.4 Å². The maximum Gasteiger partial charge on any atom is 0.303 e. The third-order valence-electron chi connectivity index (χ3n) is 4.91. The lowest BCUT2D eigenvalue weighted by molar-refractivity contribution is -0.138. The van der Waals surface area contributed by atoms with Crippen molar-refractivity contribution in [3.05, 3.63) is 63.6 Å². The van der Waals surface area contributed by atoms with Gasteiger partial charge in [-0.3, -0.25) is 9.59 Å². The summed E-state index contributed by atoms with van der Waals surface area (Å²) in [5, 5.41) is 10.0. The zero-order valence-corrected chi connectivity index (χ0v) is 17.8. The van der Waals surface area contributed by atoms with Crippen molar-refractivity contribution < 1.29 is 19.4 Å². The second-order valence-electron chi connectivity index (χ2n) is 7.32. The molecule has 3 rings (SSSR count). The molecule has 154 valence electrons. The fourth-order valence-electron chi connectivity index (χ4n) is 3.62. The monoisotopic (exact) mass is 435 g/mol. The van der Waals surface area contributed by atoms with Crippen molar-refractivity contribution in [3.8, 4) is 0 Å². The zero-order valence-electron chi connectivity index (χ0n) is 16.3. The van der Waals surface area contributed by atoms with Crippen molar-refractivity contribution in [3.63, 3.8) is 0 Å². The number of amides is 1. The van der Waals surface area contributed by atoms with E-state index < -0.39 is 18.2 Å². The van der Waals surface area contributed by atoms with Gasteiger partial charge in [0.2, 0.25) is 0 Å². The predicted molar refractivity (Wildman–Crippen MR) is 114 cm³/mol. The van der Waals surface area contributed by atoms with E-state index >= 15 is 0 Å². The average molecular weight is 436 g/mol. The van der Waals surface area contributed by atoms with Crippen molar-refractivity contribution in [1.29, 1.82) is 0 Å². The highest BCUT2D eigenvalue weighted by Gasteiger charge is 2.38. The van der Waals surface area contributed by atoms with Crippen molar-refractivity contribution in [1.82, 2.24) is 0 Å². The number of hydrogen-bond donors (Lipinski definition) is 1. The molecule has 1 N–H and O–H groups in total. The van der Waals surface area contributed by atoms with E-state index in [9.17, 15) is 9.59 Å². The summed E-state index contributed by atoms with van der Waals surface area (Å²) in [6, 6.07) is 12.6. The molecule has 2 unspecified atom stereocenters. The molecule has 1 aliphatic heterocycles. The third-order valence-corrected chi connectivity index (χ3v) is 5.49. The van der Waals surface area contributed by atoms with E-state index in [-0.39, 0.29) is 18.4 Å². The normalized spacial score (nSPS) is 19.2. The summed E-state index contributed by atoms with van der Waals surface area (Å²) in [6.07, 6.45) is -0.769. The minimum atomic E-state index is -0.899. The molecule has 7 heteroatoms. The number of benzene rings is 2. The highest BCUT2D eigenvalue weighted by Crippen LogP contribution is 2.42. The van der Waals surface area contributed by atoms with E-state index in [1.165, 1.54) is 0 Å². The van der Waals surface area contributed by atoms with Gasteiger partial charge < -0.3 is 14.7 Å². The number of nitrogens with zero attached hydrogens (tertiary/aromatic N) is 1. The highest BCUT2D eigenvalue weighted by molar-refractivity contribution is 6.31. The van der Waals surface area contributed by atoms with Gasteiger partial charge in [-0.2, -0.15) is 0 Å². The molecule has 2 aromatic rings. The molecule has 0 spiro atoms. The molecule has 1 amide bonds. The molecule has 29 heavy (non-hydrogen) atoms. The quantitative estimate of drug-likeness (QED) is 0.652. The number of carbonyl (C=O) groups is 2. The Morgan fingerprint density at radius 2 is 1.90 bits per heavy atom. The maximum atomic E-state index is 13.4. The first kappa shape index (κ1) is 21.6. The summed E-state index contributed by atoms with van der Waals surface area (Å²) in [4.78, 5) is 26.0. The van der Waals surface area contributed by atoms with Crippen LogP contribution in [0.2, 0.25) is 10.0 Å². The Balaban J connectivity index is 2.11. The number of carboxylic acid groups (broad SMARTS) is 1. The van der Waals surface area contributed by atoms with Crippen LogP contribution in [0.4, 0.5) is 5.69 Å². The van der Waals surface area contributed by atoms with Crippen LogP contribution in [0.5, 0.6) is 0 Å². The lowest BCUT2D eigenvalue weighted by Crippen LogP contribution is -2.43. The molecule has 0 bridgehead atoms. The Kier molecular flexibility index (Phi) is 6.83. The first-order valence-corrected chi connectivity index (χ1v) is 10.3. The van der Waals surface area contributed by atoms with Crippen LogP contribution in [0.15, 0.2) is 42.5 Å². The van der Waals surface area contributed by atoms with Crippen LogP contribution in [0.1, 0.15) is 50.3 Å². The molecule has 0 saturated heterocycles. The minimum Gasteiger partial charge on any atom is -0.481 e. The van der Waals surface area contributed by atoms with Gasteiger partial charge in [0.1, 0.15) is 12.2 Å². The standard InChI is InChI=1S/C22H23Cl2NO4/c1-13(2)25-18-11-10-14(23)12-16(18)21(15-6-3-4-7-17(15)24)29-19(22(25)28)8-5-9-20(26)27/h3-4,6-7,10-13,19,21H,5,8-9H2,1-2H3,(H,26,27). The molecule has 0 aliphatic carbocycles. The molecule has 0 fully saturated rings. The van der Waals surface area contributed by atoms with E-state index in [0.717, 1.165) is 16.8 Å². The van der Waals surface area contributed by atoms with Gasteiger partial charge in [-0.15, -0.1) is 0 Å². The Hall–Kier alpha value is -2.08. The second-order valence-corrected chi connectivity index (χ2v) is 8.16. The van der Waals surface area contributed by atoms with E-state index in [2.05, 4.69) is 0 Å². The van der Waals surface area contributed by atoms with Crippen molar-refractivity contribution in [2.75, 3.05) is 4.90 Å². The van der Waals surface area contributed by atoms with Crippen molar-refractivity contribution in [2.24, 2.45) is 0 Å². The number of anilines is 1. The number of halogens is 2. The fourth-order valence-corrected chi connectivity index (χ4v) is 4.03. The molecule has 0 saturated carbocycles.